The highest BCUT2D eigenvalue weighted by Crippen LogP contribution is 2.22. The summed E-state index contributed by atoms with van der Waals surface area (Å²) in [5, 5.41) is 16.2. The molecule has 1 amide bonds. The molecule has 0 aliphatic carbocycles. The Morgan fingerprint density at radius 3 is 2.67 bits per heavy atom. The summed E-state index contributed by atoms with van der Waals surface area (Å²) in [6.45, 7) is 9.34. The molecular weight excluding hydrogens is 428 g/mol. The van der Waals surface area contributed by atoms with Crippen molar-refractivity contribution >= 4 is 11.7 Å². The van der Waals surface area contributed by atoms with Gasteiger partial charge in [0.2, 0.25) is 5.91 Å². The molecule has 33 heavy (non-hydrogen) atoms. The molecule has 182 valence electrons. The van der Waals surface area contributed by atoms with Crippen molar-refractivity contribution in [1.82, 2.24) is 19.8 Å². The lowest BCUT2D eigenvalue weighted by Crippen LogP contribution is -2.42. The Hall–Kier alpha value is -2.36. The van der Waals surface area contributed by atoms with Gasteiger partial charge in [-0.3, -0.25) is 4.79 Å². The summed E-state index contributed by atoms with van der Waals surface area (Å²) < 4.78 is 29.1. The Morgan fingerprint density at radius 2 is 2.00 bits per heavy atom. The number of nitrogens with zero attached hydrogens (tertiary/aromatic N) is 3. The highest BCUT2D eigenvalue weighted by atomic mass is 19.1. The number of amides is 1. The van der Waals surface area contributed by atoms with Crippen LogP contribution in [0.25, 0.3) is 0 Å². The minimum atomic E-state index is -1.21. The van der Waals surface area contributed by atoms with Crippen LogP contribution in [-0.4, -0.2) is 57.7 Å². The summed E-state index contributed by atoms with van der Waals surface area (Å²) in [7, 11) is 0. The lowest BCUT2D eigenvalue weighted by molar-refractivity contribution is -0.118. The van der Waals surface area contributed by atoms with Crippen molar-refractivity contribution in [3.63, 3.8) is 0 Å². The van der Waals surface area contributed by atoms with Crippen LogP contribution in [0.15, 0.2) is 30.7 Å². The van der Waals surface area contributed by atoms with E-state index in [1.165, 1.54) is 18.9 Å². The number of aliphatic hydroxyl groups excluding tert-OH is 1. The first kappa shape index (κ1) is 25.3. The molecule has 1 aliphatic heterocycles. The lowest BCUT2D eigenvalue weighted by atomic mass is 10.1. The highest BCUT2D eigenvalue weighted by Gasteiger charge is 2.26. The second-order valence-electron chi connectivity index (χ2n) is 9.38. The summed E-state index contributed by atoms with van der Waals surface area (Å²) in [5.41, 5.74) is -0.177. The number of imidazole rings is 1. The maximum Gasteiger partial charge on any atom is 0.242 e. The first-order valence-electron chi connectivity index (χ1n) is 11.6. The molecule has 1 aliphatic rings. The second-order valence-corrected chi connectivity index (χ2v) is 9.38. The number of carbonyl (C=O) groups is 1. The molecule has 3 N–H and O–H groups in total. The maximum atomic E-state index is 13.9. The molecule has 0 saturated carbocycles. The molecule has 2 atom stereocenters. The third kappa shape index (κ3) is 6.82. The fraction of sp³-hybridized carbons (Fsp3) is 0.583. The first-order valence-corrected chi connectivity index (χ1v) is 11.6. The summed E-state index contributed by atoms with van der Waals surface area (Å²) in [4.78, 5) is 19.7. The number of benzene rings is 1. The summed E-state index contributed by atoms with van der Waals surface area (Å²) >= 11 is 0. The molecule has 3 rings (SSSR count). The zero-order valence-corrected chi connectivity index (χ0v) is 19.7. The molecule has 1 unspecified atom stereocenters. The summed E-state index contributed by atoms with van der Waals surface area (Å²) in [5.74, 6) is -1.33. The number of rotatable bonds is 11. The van der Waals surface area contributed by atoms with Gasteiger partial charge >= 0.3 is 0 Å². The minimum absolute atomic E-state index is 0.0152. The molecule has 0 spiro atoms. The molecule has 1 aromatic heterocycles. The Balaban J connectivity index is 1.58. The van der Waals surface area contributed by atoms with E-state index in [1.54, 1.807) is 6.33 Å². The zero-order chi connectivity index (χ0) is 24.0. The van der Waals surface area contributed by atoms with E-state index in [-0.39, 0.29) is 23.6 Å². The largest absolute Gasteiger partial charge is 0.387 e. The van der Waals surface area contributed by atoms with Gasteiger partial charge in [-0.1, -0.05) is 19.4 Å². The molecule has 2 aromatic rings. The molecule has 2 heterocycles. The van der Waals surface area contributed by atoms with E-state index in [9.17, 15) is 18.7 Å². The smallest absolute Gasteiger partial charge is 0.242 e. The number of anilines is 1. The van der Waals surface area contributed by atoms with Crippen LogP contribution in [0.3, 0.4) is 0 Å². The number of aromatic nitrogens is 2. The van der Waals surface area contributed by atoms with Gasteiger partial charge in [-0.25, -0.2) is 13.8 Å². The number of likely N-dealkylation sites (tertiary alicyclic amines) is 1. The van der Waals surface area contributed by atoms with Crippen LogP contribution in [0, 0.1) is 11.6 Å². The van der Waals surface area contributed by atoms with Gasteiger partial charge in [0.25, 0.3) is 0 Å². The predicted molar refractivity (Wildman–Crippen MR) is 124 cm³/mol. The van der Waals surface area contributed by atoms with E-state index in [1.807, 2.05) is 17.7 Å². The minimum Gasteiger partial charge on any atom is -0.387 e. The molecule has 1 aromatic carbocycles. The zero-order valence-electron chi connectivity index (χ0n) is 19.7. The molecule has 1 saturated heterocycles. The molecular formula is C24H35F2N5O2. The average Bonchev–Trinajstić information content (AvgIpc) is 3.43. The Labute approximate surface area is 194 Å². The van der Waals surface area contributed by atoms with E-state index < -0.39 is 23.8 Å². The third-order valence-corrected chi connectivity index (χ3v) is 6.11. The molecule has 0 bridgehead atoms. The van der Waals surface area contributed by atoms with Gasteiger partial charge in [0.15, 0.2) is 5.82 Å². The van der Waals surface area contributed by atoms with Gasteiger partial charge in [0.1, 0.15) is 11.6 Å². The van der Waals surface area contributed by atoms with E-state index >= 15 is 0 Å². The van der Waals surface area contributed by atoms with Gasteiger partial charge < -0.3 is 25.2 Å². The van der Waals surface area contributed by atoms with Gasteiger partial charge in [-0.2, -0.15) is 0 Å². The second kappa shape index (κ2) is 11.2. The number of aliphatic hydroxyl groups is 1. The normalized spacial score (nSPS) is 16.7. The SMILES string of the molecule is CCCC(NC[C@@H](O)c1ccc(F)cc1F)C(=O)Nc1cn(C(C)(C)CN2CCCC2)cn1. The number of hydrogen-bond acceptors (Lipinski definition) is 5. The fourth-order valence-electron chi connectivity index (χ4n) is 4.25. The van der Waals surface area contributed by atoms with E-state index in [0.717, 1.165) is 38.2 Å². The predicted octanol–water partition coefficient (Wildman–Crippen LogP) is 3.42. The van der Waals surface area contributed by atoms with E-state index in [0.29, 0.717) is 12.2 Å². The fourth-order valence-corrected chi connectivity index (χ4v) is 4.25. The van der Waals surface area contributed by atoms with Crippen molar-refractivity contribution in [3.8, 4) is 0 Å². The van der Waals surface area contributed by atoms with Crippen LogP contribution in [-0.2, 0) is 10.3 Å². The van der Waals surface area contributed by atoms with Crippen LogP contribution in [0.4, 0.5) is 14.6 Å². The van der Waals surface area contributed by atoms with Crippen molar-refractivity contribution < 1.29 is 18.7 Å². The molecule has 9 heteroatoms. The third-order valence-electron chi connectivity index (χ3n) is 6.11. The van der Waals surface area contributed by atoms with E-state index in [2.05, 4.69) is 34.4 Å². The lowest BCUT2D eigenvalue weighted by Gasteiger charge is -2.31. The first-order chi connectivity index (χ1) is 15.7. The van der Waals surface area contributed by atoms with Crippen molar-refractivity contribution in [2.75, 3.05) is 31.5 Å². The number of nitrogens with one attached hydrogen (secondary N) is 2. The number of carbonyl (C=O) groups excluding carboxylic acids is 1. The summed E-state index contributed by atoms with van der Waals surface area (Å²) in [6, 6.07) is 2.45. The monoisotopic (exact) mass is 463 g/mol. The Kier molecular flexibility index (Phi) is 8.56. The van der Waals surface area contributed by atoms with Crippen LogP contribution in [0.1, 0.15) is 58.1 Å². The van der Waals surface area contributed by atoms with Gasteiger partial charge in [-0.15, -0.1) is 0 Å². The van der Waals surface area contributed by atoms with Gasteiger partial charge in [0.05, 0.1) is 24.0 Å². The van der Waals surface area contributed by atoms with E-state index in [4.69, 9.17) is 0 Å². The molecule has 0 radical (unpaired) electrons. The van der Waals surface area contributed by atoms with Crippen LogP contribution < -0.4 is 10.6 Å². The van der Waals surface area contributed by atoms with Crippen molar-refractivity contribution in [1.29, 1.82) is 0 Å². The Bertz CT molecular complexity index is 927. The molecule has 1 fully saturated rings. The topological polar surface area (TPSA) is 82.4 Å². The van der Waals surface area contributed by atoms with Crippen molar-refractivity contribution in [2.24, 2.45) is 0 Å². The van der Waals surface area contributed by atoms with Gasteiger partial charge in [-0.05, 0) is 52.3 Å². The van der Waals surface area contributed by atoms with Crippen LogP contribution in [0.2, 0.25) is 0 Å². The number of halogens is 2. The summed E-state index contributed by atoms with van der Waals surface area (Å²) in [6.07, 6.45) is 6.10. The van der Waals surface area contributed by atoms with Crippen molar-refractivity contribution in [2.45, 2.75) is 64.1 Å². The van der Waals surface area contributed by atoms with Crippen LogP contribution in [0.5, 0.6) is 0 Å². The standard InChI is InChI=1S/C24H35F2N5O2/c1-4-7-20(27-13-21(32)18-9-8-17(25)12-19(18)26)23(33)29-22-14-31(16-28-22)24(2,3)15-30-10-5-6-11-30/h8-9,12,14,16,20-21,27,32H,4-7,10-11,13,15H2,1-3H3,(H,29,33)/t20?,21-/m1/s1. The maximum absolute atomic E-state index is 13.9. The van der Waals surface area contributed by atoms with Crippen LogP contribution >= 0.6 is 0 Å². The number of hydrogen-bond donors (Lipinski definition) is 3. The average molecular weight is 464 g/mol. The Morgan fingerprint density at radius 1 is 1.27 bits per heavy atom. The van der Waals surface area contributed by atoms with Crippen molar-refractivity contribution in [3.05, 3.63) is 47.9 Å². The quantitative estimate of drug-likeness (QED) is 0.476. The highest BCUT2D eigenvalue weighted by molar-refractivity contribution is 5.93. The van der Waals surface area contributed by atoms with Gasteiger partial charge in [0, 0.05) is 30.9 Å². The molecule has 7 nitrogen and oxygen atoms in total.